The van der Waals surface area contributed by atoms with Crippen LogP contribution >= 0.6 is 0 Å². The molecule has 1 saturated carbocycles. The van der Waals surface area contributed by atoms with E-state index in [0.29, 0.717) is 23.2 Å². The lowest BCUT2D eigenvalue weighted by atomic mass is 9.67. The first-order valence-corrected chi connectivity index (χ1v) is 21.8. The standard InChI is InChI=1S/C58H40N4O/c1-59-46-28-31-51-50(36-46)47-29-26-44(34-52(47)58(51)32-8-3-9-33-58)41-16-14-39(15-17-41)40-20-24-43(25-21-40)56-60-55(42-22-18-38(19-23-42)37-10-4-2-5-11-37)61-57(62-56)45-27-30-49-48-12-6-7-13-53(48)63-54(49)35-45/h2,4-7,10-31,34-36H,3,8-9,32-33H2. The molecule has 5 heteroatoms. The summed E-state index contributed by atoms with van der Waals surface area (Å²) in [6.45, 7) is 7.65. The van der Waals surface area contributed by atoms with Gasteiger partial charge in [0.25, 0.3) is 0 Å². The predicted molar refractivity (Wildman–Crippen MR) is 255 cm³/mol. The average Bonchev–Trinajstić information content (AvgIpc) is 3.86. The number of hydrogen-bond acceptors (Lipinski definition) is 4. The summed E-state index contributed by atoms with van der Waals surface area (Å²) in [6.07, 6.45) is 6.09. The highest BCUT2D eigenvalue weighted by molar-refractivity contribution is 6.05. The van der Waals surface area contributed by atoms with Crippen LogP contribution in [-0.2, 0) is 5.41 Å². The Morgan fingerprint density at radius 2 is 0.921 bits per heavy atom. The number of hydrogen-bond donors (Lipinski definition) is 0. The number of para-hydroxylation sites is 1. The molecule has 2 aromatic heterocycles. The van der Waals surface area contributed by atoms with Crippen molar-refractivity contribution in [3.63, 3.8) is 0 Å². The summed E-state index contributed by atoms with van der Waals surface area (Å²) in [4.78, 5) is 19.0. The Labute approximate surface area is 366 Å². The van der Waals surface area contributed by atoms with Crippen molar-refractivity contribution >= 4 is 27.6 Å². The first-order valence-electron chi connectivity index (χ1n) is 21.8. The van der Waals surface area contributed by atoms with Gasteiger partial charge in [0.2, 0.25) is 0 Å². The van der Waals surface area contributed by atoms with Gasteiger partial charge in [-0.1, -0.05) is 171 Å². The Morgan fingerprint density at radius 1 is 0.397 bits per heavy atom. The van der Waals surface area contributed by atoms with Crippen LogP contribution in [0.3, 0.4) is 0 Å². The van der Waals surface area contributed by atoms with Crippen LogP contribution < -0.4 is 0 Å². The molecule has 0 amide bonds. The zero-order valence-electron chi connectivity index (χ0n) is 34.6. The van der Waals surface area contributed by atoms with E-state index < -0.39 is 0 Å². The SMILES string of the molecule is [C-]#[N+]c1ccc2c(c1)-c1ccc(-c3ccc(-c4ccc(-c5nc(-c6ccc(-c7ccccc7)cc6)nc(-c6ccc7c(c6)oc6ccccc67)n5)cc4)cc3)cc1C21CCCCC1. The van der Waals surface area contributed by atoms with Crippen LogP contribution in [0.2, 0.25) is 0 Å². The minimum Gasteiger partial charge on any atom is -0.456 e. The molecule has 1 spiro atoms. The summed E-state index contributed by atoms with van der Waals surface area (Å²) in [5.74, 6) is 1.80. The monoisotopic (exact) mass is 808 g/mol. The Kier molecular flexibility index (Phi) is 8.72. The Balaban J connectivity index is 0.869. The van der Waals surface area contributed by atoms with Crippen LogP contribution in [0, 0.1) is 6.57 Å². The second kappa shape index (κ2) is 14.9. The largest absolute Gasteiger partial charge is 0.456 e. The number of aromatic nitrogens is 3. The smallest absolute Gasteiger partial charge is 0.187 e. The highest BCUT2D eigenvalue weighted by atomic mass is 16.3. The minimum atomic E-state index is 0.0380. The van der Waals surface area contributed by atoms with Crippen LogP contribution in [0.25, 0.3) is 105 Å². The summed E-state index contributed by atoms with van der Waals surface area (Å²) in [5.41, 5.74) is 17.5. The van der Waals surface area contributed by atoms with Crippen molar-refractivity contribution in [2.75, 3.05) is 0 Å². The van der Waals surface area contributed by atoms with Gasteiger partial charge < -0.3 is 4.42 Å². The van der Waals surface area contributed by atoms with Gasteiger partial charge in [-0.05, 0) is 98.8 Å². The number of nitrogens with zero attached hydrogens (tertiary/aromatic N) is 4. The van der Waals surface area contributed by atoms with Crippen LogP contribution in [0.15, 0.2) is 186 Å². The molecule has 0 unspecified atom stereocenters. The maximum absolute atomic E-state index is 7.65. The molecule has 0 aliphatic heterocycles. The van der Waals surface area contributed by atoms with Gasteiger partial charge in [-0.15, -0.1) is 0 Å². The first kappa shape index (κ1) is 36.9. The third-order valence-electron chi connectivity index (χ3n) is 13.4. The van der Waals surface area contributed by atoms with E-state index in [2.05, 4.69) is 150 Å². The summed E-state index contributed by atoms with van der Waals surface area (Å²) in [6, 6.07) is 63.9. The van der Waals surface area contributed by atoms with Crippen molar-refractivity contribution in [2.24, 2.45) is 0 Å². The third kappa shape index (κ3) is 6.34. The fourth-order valence-corrected chi connectivity index (χ4v) is 10.2. The maximum atomic E-state index is 7.65. The number of benzene rings is 8. The van der Waals surface area contributed by atoms with Gasteiger partial charge in [-0.2, -0.15) is 0 Å². The molecule has 2 aliphatic carbocycles. The minimum absolute atomic E-state index is 0.0380. The van der Waals surface area contributed by atoms with Crippen molar-refractivity contribution in [2.45, 2.75) is 37.5 Å². The second-order valence-electron chi connectivity index (χ2n) is 17.0. The van der Waals surface area contributed by atoms with E-state index in [4.69, 9.17) is 25.9 Å². The summed E-state index contributed by atoms with van der Waals surface area (Å²) in [5, 5.41) is 2.15. The number of rotatable bonds is 6. The lowest BCUT2D eigenvalue weighted by Crippen LogP contribution is -2.28. The van der Waals surface area contributed by atoms with E-state index in [-0.39, 0.29) is 5.41 Å². The Morgan fingerprint density at radius 3 is 1.57 bits per heavy atom. The fourth-order valence-electron chi connectivity index (χ4n) is 10.2. The molecular formula is C58H40N4O. The van der Waals surface area contributed by atoms with Crippen molar-refractivity contribution in [1.29, 1.82) is 0 Å². The zero-order valence-corrected chi connectivity index (χ0v) is 34.6. The molecule has 63 heavy (non-hydrogen) atoms. The molecule has 0 N–H and O–H groups in total. The molecule has 1 fully saturated rings. The van der Waals surface area contributed by atoms with Crippen LogP contribution in [0.5, 0.6) is 0 Å². The lowest BCUT2D eigenvalue weighted by Gasteiger charge is -2.36. The molecule has 2 aliphatic rings. The van der Waals surface area contributed by atoms with Gasteiger partial charge in [0.1, 0.15) is 11.2 Å². The molecular weight excluding hydrogens is 769 g/mol. The molecule has 0 saturated heterocycles. The summed E-state index contributed by atoms with van der Waals surface area (Å²) < 4.78 is 6.27. The van der Waals surface area contributed by atoms with Gasteiger partial charge in [0.05, 0.1) is 6.57 Å². The van der Waals surface area contributed by atoms with Gasteiger partial charge >= 0.3 is 0 Å². The van der Waals surface area contributed by atoms with Crippen LogP contribution in [0.4, 0.5) is 5.69 Å². The van der Waals surface area contributed by atoms with Crippen molar-refractivity contribution < 1.29 is 4.42 Å². The number of fused-ring (bicyclic) bond motifs is 8. The molecule has 8 aromatic carbocycles. The molecule has 12 rings (SSSR count). The van der Waals surface area contributed by atoms with Gasteiger partial charge in [0.15, 0.2) is 23.2 Å². The molecule has 0 atom stereocenters. The van der Waals surface area contributed by atoms with E-state index in [1.165, 1.54) is 52.6 Å². The average molecular weight is 809 g/mol. The van der Waals surface area contributed by atoms with Gasteiger partial charge in [0, 0.05) is 32.9 Å². The van der Waals surface area contributed by atoms with Crippen molar-refractivity contribution in [1.82, 2.24) is 15.0 Å². The van der Waals surface area contributed by atoms with E-state index in [1.807, 2.05) is 36.4 Å². The first-order chi connectivity index (χ1) is 31.1. The Bertz CT molecular complexity index is 3410. The lowest BCUT2D eigenvalue weighted by molar-refractivity contribution is 0.353. The molecule has 10 aromatic rings. The normalized spacial score (nSPS) is 13.8. The predicted octanol–water partition coefficient (Wildman–Crippen LogP) is 15.6. The van der Waals surface area contributed by atoms with Gasteiger partial charge in [-0.3, -0.25) is 0 Å². The topological polar surface area (TPSA) is 56.2 Å². The quantitative estimate of drug-likeness (QED) is 0.157. The van der Waals surface area contributed by atoms with E-state index in [0.717, 1.165) is 73.7 Å². The molecule has 2 heterocycles. The Hall–Kier alpha value is -7.94. The summed E-state index contributed by atoms with van der Waals surface area (Å²) >= 11 is 0. The van der Waals surface area contributed by atoms with Crippen molar-refractivity contribution in [3.8, 4) is 78.7 Å². The maximum Gasteiger partial charge on any atom is 0.187 e. The summed E-state index contributed by atoms with van der Waals surface area (Å²) in [7, 11) is 0. The highest BCUT2D eigenvalue weighted by Gasteiger charge is 2.43. The zero-order chi connectivity index (χ0) is 41.9. The van der Waals surface area contributed by atoms with E-state index >= 15 is 0 Å². The molecule has 5 nitrogen and oxygen atoms in total. The number of furan rings is 1. The fraction of sp³-hybridized carbons (Fsp3) is 0.103. The van der Waals surface area contributed by atoms with E-state index in [9.17, 15) is 0 Å². The van der Waals surface area contributed by atoms with Crippen LogP contribution in [0.1, 0.15) is 43.2 Å². The molecule has 298 valence electrons. The molecule has 0 radical (unpaired) electrons. The second-order valence-corrected chi connectivity index (χ2v) is 17.0. The van der Waals surface area contributed by atoms with Crippen molar-refractivity contribution in [3.05, 3.63) is 205 Å². The van der Waals surface area contributed by atoms with E-state index in [1.54, 1.807) is 0 Å². The molecule has 0 bridgehead atoms. The third-order valence-corrected chi connectivity index (χ3v) is 13.4. The van der Waals surface area contributed by atoms with Gasteiger partial charge in [-0.25, -0.2) is 19.8 Å². The van der Waals surface area contributed by atoms with Crippen LogP contribution in [-0.4, -0.2) is 15.0 Å². The highest BCUT2D eigenvalue weighted by Crippen LogP contribution is 2.57.